The van der Waals surface area contributed by atoms with Gasteiger partial charge in [-0.3, -0.25) is 0 Å². The van der Waals surface area contributed by atoms with Gasteiger partial charge < -0.3 is 0 Å². The molecule has 0 amide bonds. The van der Waals surface area contributed by atoms with Crippen molar-refractivity contribution in [3.63, 3.8) is 0 Å². The summed E-state index contributed by atoms with van der Waals surface area (Å²) in [7, 11) is 0. The molecule has 0 saturated heterocycles. The highest BCUT2D eigenvalue weighted by Crippen LogP contribution is 2.14. The van der Waals surface area contributed by atoms with Crippen molar-refractivity contribution in [1.29, 1.82) is 0 Å². The highest BCUT2D eigenvalue weighted by atomic mass is 127. The largest absolute Gasteiger partial charge is 0.357 e. The quantitative estimate of drug-likeness (QED) is 0.125. The van der Waals surface area contributed by atoms with E-state index in [-0.39, 0.29) is 21.2 Å². The molecule has 0 atom stereocenters. The maximum absolute atomic E-state index is 14.3. The van der Waals surface area contributed by atoms with Crippen molar-refractivity contribution in [3.05, 3.63) is 187 Å². The van der Waals surface area contributed by atoms with E-state index in [9.17, 15) is 17.6 Å². The Labute approximate surface area is 279 Å². The van der Waals surface area contributed by atoms with Gasteiger partial charge in [0.05, 0.1) is 0 Å². The SMILES string of the molecule is Cc1ccc([I+]c2ccc(C(C)C)cc2)cc1.Fc1cccc([B-](c2cccc(F)c2)(c2cccc(F)c2)c2cccc(F)c2)c1. The molecule has 6 aromatic rings. The summed E-state index contributed by atoms with van der Waals surface area (Å²) < 4.78 is 60.1. The first-order valence-electron chi connectivity index (χ1n) is 15.2. The molecule has 0 N–H and O–H groups in total. The molecule has 0 heterocycles. The van der Waals surface area contributed by atoms with Gasteiger partial charge in [-0.05, 0) is 66.9 Å². The van der Waals surface area contributed by atoms with E-state index < -0.39 is 29.4 Å². The van der Waals surface area contributed by atoms with Crippen molar-refractivity contribution in [2.24, 2.45) is 0 Å². The first-order valence-corrected chi connectivity index (χ1v) is 17.3. The maximum atomic E-state index is 14.3. The van der Waals surface area contributed by atoms with Crippen molar-refractivity contribution < 1.29 is 38.8 Å². The van der Waals surface area contributed by atoms with Crippen LogP contribution in [0.4, 0.5) is 17.6 Å². The Morgan fingerprint density at radius 2 is 0.783 bits per heavy atom. The molecule has 0 aromatic heterocycles. The molecule has 0 saturated carbocycles. The van der Waals surface area contributed by atoms with Crippen LogP contribution in [-0.2, 0) is 0 Å². The molecular weight excluding hydrogens is 694 g/mol. The monoisotopic (exact) mass is 728 g/mol. The zero-order chi connectivity index (χ0) is 32.7. The molecule has 232 valence electrons. The smallest absolute Gasteiger partial charge is 0.207 e. The standard InChI is InChI=1S/C24H16BF4.C16H18I/c26-21-9-1-5-17(13-21)25(18-6-2-10-22(27)14-18,19-7-3-11-23(28)15-19)20-8-4-12-24(29)16-20;1-12(2)14-6-10-16(11-7-14)17-15-8-4-13(3)5-9-15/h1-16H;4-12H,1-3H3/q-1;+1. The molecular formula is C40H34BF4I. The van der Waals surface area contributed by atoms with Gasteiger partial charge in [0.2, 0.25) is 0 Å². The van der Waals surface area contributed by atoms with Crippen LogP contribution >= 0.6 is 0 Å². The van der Waals surface area contributed by atoms with E-state index in [1.54, 1.807) is 48.5 Å². The molecule has 0 nitrogen and oxygen atoms in total. The fourth-order valence-corrected chi connectivity index (χ4v) is 8.05. The molecule has 0 aliphatic rings. The summed E-state index contributed by atoms with van der Waals surface area (Å²) in [5.41, 5.74) is 4.74. The minimum atomic E-state index is -2.25. The number of hydrogen-bond donors (Lipinski definition) is 0. The van der Waals surface area contributed by atoms with Crippen LogP contribution in [0, 0.1) is 37.3 Å². The third-order valence-electron chi connectivity index (χ3n) is 8.16. The maximum Gasteiger partial charge on any atom is 0.357 e. The minimum Gasteiger partial charge on any atom is -0.207 e. The third-order valence-corrected chi connectivity index (χ3v) is 10.8. The molecule has 0 fully saturated rings. The van der Waals surface area contributed by atoms with Gasteiger partial charge in [-0.15, -0.1) is 0 Å². The van der Waals surface area contributed by atoms with Gasteiger partial charge in [0.25, 0.3) is 0 Å². The molecule has 6 aromatic carbocycles. The Hall–Kier alpha value is -4.17. The van der Waals surface area contributed by atoms with Crippen LogP contribution in [0.2, 0.25) is 0 Å². The summed E-state index contributed by atoms with van der Waals surface area (Å²) in [6.45, 7) is 6.62. The fourth-order valence-electron chi connectivity index (χ4n) is 5.89. The highest BCUT2D eigenvalue weighted by Gasteiger charge is 2.33. The molecule has 0 unspecified atom stereocenters. The zero-order valence-electron chi connectivity index (χ0n) is 25.9. The summed E-state index contributed by atoms with van der Waals surface area (Å²) in [6, 6.07) is 41.6. The van der Waals surface area contributed by atoms with Crippen LogP contribution in [0.15, 0.2) is 146 Å². The van der Waals surface area contributed by atoms with E-state index in [1.807, 2.05) is 0 Å². The molecule has 0 radical (unpaired) electrons. The second kappa shape index (κ2) is 15.0. The first-order chi connectivity index (χ1) is 22.1. The van der Waals surface area contributed by atoms with Crippen molar-refractivity contribution in [2.45, 2.75) is 26.7 Å². The number of benzene rings is 6. The number of hydrogen-bond acceptors (Lipinski definition) is 0. The van der Waals surface area contributed by atoms with Gasteiger partial charge in [-0.25, -0.2) is 17.6 Å². The molecule has 0 aliphatic heterocycles. The van der Waals surface area contributed by atoms with Crippen molar-refractivity contribution in [2.75, 3.05) is 0 Å². The summed E-state index contributed by atoms with van der Waals surface area (Å²) in [6.07, 6.45) is -2.25. The van der Waals surface area contributed by atoms with Gasteiger partial charge in [0.15, 0.2) is 7.14 Å². The Morgan fingerprint density at radius 3 is 1.09 bits per heavy atom. The van der Waals surface area contributed by atoms with E-state index in [4.69, 9.17) is 0 Å². The average molecular weight is 728 g/mol. The molecule has 6 heteroatoms. The topological polar surface area (TPSA) is 0 Å². The van der Waals surface area contributed by atoms with Gasteiger partial charge in [-0.1, -0.05) is 116 Å². The van der Waals surface area contributed by atoms with Crippen molar-refractivity contribution in [3.8, 4) is 0 Å². The second-order valence-corrected chi connectivity index (χ2v) is 14.7. The lowest BCUT2D eigenvalue weighted by Gasteiger charge is -2.44. The zero-order valence-corrected chi connectivity index (χ0v) is 28.1. The summed E-state index contributed by atoms with van der Waals surface area (Å²) >= 11 is -0.0167. The van der Waals surface area contributed by atoms with Crippen LogP contribution < -0.4 is 43.1 Å². The summed E-state index contributed by atoms with van der Waals surface area (Å²) in [5, 5.41) is 0. The predicted octanol–water partition coefficient (Wildman–Crippen LogP) is 4.87. The number of aryl methyl sites for hydroxylation is 1. The lowest BCUT2D eigenvalue weighted by atomic mass is 9.13. The van der Waals surface area contributed by atoms with E-state index in [0.29, 0.717) is 27.8 Å². The van der Waals surface area contributed by atoms with Crippen LogP contribution in [0.1, 0.15) is 30.9 Å². The van der Waals surface area contributed by atoms with Crippen molar-refractivity contribution >= 4 is 28.0 Å². The Balaban J connectivity index is 0.000000209. The predicted molar refractivity (Wildman–Crippen MR) is 179 cm³/mol. The molecule has 46 heavy (non-hydrogen) atoms. The molecule has 0 aliphatic carbocycles. The van der Waals surface area contributed by atoms with Gasteiger partial charge >= 0.3 is 21.2 Å². The highest BCUT2D eigenvalue weighted by molar-refractivity contribution is 7.19. The summed E-state index contributed by atoms with van der Waals surface area (Å²) in [4.78, 5) is 0. The third kappa shape index (κ3) is 7.79. The van der Waals surface area contributed by atoms with Gasteiger partial charge in [0, 0.05) is 0 Å². The first kappa shape index (κ1) is 33.2. The lowest BCUT2D eigenvalue weighted by Crippen LogP contribution is -3.61. The average Bonchev–Trinajstić information content (AvgIpc) is 3.03. The van der Waals surface area contributed by atoms with E-state index in [1.165, 1.54) is 66.8 Å². The second-order valence-electron chi connectivity index (χ2n) is 11.7. The Morgan fingerprint density at radius 1 is 0.457 bits per heavy atom. The van der Waals surface area contributed by atoms with Gasteiger partial charge in [0.1, 0.15) is 29.4 Å². The number of halogens is 5. The molecule has 0 spiro atoms. The van der Waals surface area contributed by atoms with Gasteiger partial charge in [-0.2, -0.15) is 21.9 Å². The fraction of sp³-hybridized carbons (Fsp3) is 0.100. The van der Waals surface area contributed by atoms with E-state index >= 15 is 0 Å². The van der Waals surface area contributed by atoms with Crippen LogP contribution in [0.25, 0.3) is 0 Å². The van der Waals surface area contributed by atoms with Crippen molar-refractivity contribution in [1.82, 2.24) is 0 Å². The van der Waals surface area contributed by atoms with E-state index in [2.05, 4.69) is 69.3 Å². The van der Waals surface area contributed by atoms with Crippen LogP contribution in [0.5, 0.6) is 0 Å². The Bertz CT molecular complexity index is 1720. The normalized spacial score (nSPS) is 11.2. The minimum absolute atomic E-state index is 0.0167. The van der Waals surface area contributed by atoms with Crippen LogP contribution in [0.3, 0.4) is 0 Å². The lowest BCUT2D eigenvalue weighted by molar-refractivity contribution is -0.597. The van der Waals surface area contributed by atoms with Crippen LogP contribution in [-0.4, -0.2) is 6.15 Å². The van der Waals surface area contributed by atoms with E-state index in [0.717, 1.165) is 0 Å². The molecule has 0 bridgehead atoms. The summed E-state index contributed by atoms with van der Waals surface area (Å²) in [5.74, 6) is -1.33. The molecule has 6 rings (SSSR count). The number of rotatable bonds is 7. The Kier molecular flexibility index (Phi) is 10.8.